The molecule has 0 bridgehead atoms. The molecular formula is C14H11F3N2O. The highest BCUT2D eigenvalue weighted by molar-refractivity contribution is 6.08. The largest absolute Gasteiger partial charge is 0.398 e. The van der Waals surface area contributed by atoms with Crippen molar-refractivity contribution in [2.45, 2.75) is 6.92 Å². The molecule has 3 N–H and O–H groups in total. The zero-order chi connectivity index (χ0) is 14.9. The molecule has 3 nitrogen and oxygen atoms in total. The highest BCUT2D eigenvalue weighted by Gasteiger charge is 2.15. The van der Waals surface area contributed by atoms with E-state index in [1.165, 1.54) is 6.07 Å². The van der Waals surface area contributed by atoms with Crippen LogP contribution in [0.1, 0.15) is 15.9 Å². The lowest BCUT2D eigenvalue weighted by Crippen LogP contribution is -2.15. The molecule has 0 spiro atoms. The van der Waals surface area contributed by atoms with Crippen LogP contribution in [0.2, 0.25) is 0 Å². The maximum atomic E-state index is 13.0. The number of rotatable bonds is 2. The van der Waals surface area contributed by atoms with Crippen molar-refractivity contribution in [2.75, 3.05) is 11.1 Å². The van der Waals surface area contributed by atoms with Gasteiger partial charge in [-0.2, -0.15) is 0 Å². The first-order chi connectivity index (χ1) is 9.40. The smallest absolute Gasteiger partial charge is 0.257 e. The van der Waals surface area contributed by atoms with Crippen molar-refractivity contribution in [3.8, 4) is 0 Å². The Morgan fingerprint density at radius 1 is 1.15 bits per heavy atom. The van der Waals surface area contributed by atoms with Gasteiger partial charge in [-0.15, -0.1) is 0 Å². The molecule has 2 aromatic carbocycles. The summed E-state index contributed by atoms with van der Waals surface area (Å²) in [6.07, 6.45) is 0. The third kappa shape index (κ3) is 2.59. The Morgan fingerprint density at radius 2 is 1.75 bits per heavy atom. The van der Waals surface area contributed by atoms with Crippen LogP contribution in [-0.2, 0) is 0 Å². The van der Waals surface area contributed by atoms with Crippen molar-refractivity contribution < 1.29 is 18.0 Å². The number of anilines is 2. The molecule has 0 aliphatic rings. The van der Waals surface area contributed by atoms with Gasteiger partial charge in [0.15, 0.2) is 17.5 Å². The lowest BCUT2D eigenvalue weighted by Gasteiger charge is -2.09. The van der Waals surface area contributed by atoms with Gasteiger partial charge in [0, 0.05) is 23.5 Å². The van der Waals surface area contributed by atoms with E-state index in [1.54, 1.807) is 19.1 Å². The highest BCUT2D eigenvalue weighted by Crippen LogP contribution is 2.21. The Hall–Kier alpha value is -2.50. The minimum Gasteiger partial charge on any atom is -0.398 e. The van der Waals surface area contributed by atoms with Crippen LogP contribution in [0.15, 0.2) is 30.3 Å². The summed E-state index contributed by atoms with van der Waals surface area (Å²) in [6.45, 7) is 1.73. The maximum absolute atomic E-state index is 13.0. The number of hydrogen-bond acceptors (Lipinski definition) is 2. The molecule has 0 atom stereocenters. The number of nitrogens with one attached hydrogen (secondary N) is 1. The van der Waals surface area contributed by atoms with Crippen LogP contribution in [0.3, 0.4) is 0 Å². The van der Waals surface area contributed by atoms with Crippen molar-refractivity contribution in [1.82, 2.24) is 0 Å². The summed E-state index contributed by atoms with van der Waals surface area (Å²) in [5, 5.41) is 2.27. The van der Waals surface area contributed by atoms with Gasteiger partial charge in [-0.1, -0.05) is 12.1 Å². The van der Waals surface area contributed by atoms with Gasteiger partial charge >= 0.3 is 0 Å². The van der Waals surface area contributed by atoms with E-state index < -0.39 is 23.4 Å². The number of nitrogens with two attached hydrogens (primary N) is 1. The van der Waals surface area contributed by atoms with Crippen LogP contribution in [0.5, 0.6) is 0 Å². The third-order valence-electron chi connectivity index (χ3n) is 2.81. The molecule has 0 aromatic heterocycles. The summed E-state index contributed by atoms with van der Waals surface area (Å²) >= 11 is 0. The van der Waals surface area contributed by atoms with Gasteiger partial charge in [0.1, 0.15) is 0 Å². The predicted octanol–water partition coefficient (Wildman–Crippen LogP) is 3.25. The highest BCUT2D eigenvalue weighted by atomic mass is 19.2. The number of carbonyl (C=O) groups is 1. The van der Waals surface area contributed by atoms with Gasteiger partial charge in [-0.25, -0.2) is 13.2 Å². The summed E-state index contributed by atoms with van der Waals surface area (Å²) in [5.74, 6) is -4.97. The number of nitrogen functional groups attached to an aromatic ring is 1. The van der Waals surface area contributed by atoms with E-state index in [1.807, 2.05) is 0 Å². The predicted molar refractivity (Wildman–Crippen MR) is 69.9 cm³/mol. The SMILES string of the molecule is Cc1cccc(C(=O)Nc2cc(F)c(F)c(F)c2)c1N. The van der Waals surface area contributed by atoms with Crippen LogP contribution in [0.4, 0.5) is 24.5 Å². The van der Waals surface area contributed by atoms with E-state index >= 15 is 0 Å². The molecule has 6 heteroatoms. The minimum atomic E-state index is -1.59. The minimum absolute atomic E-state index is 0.176. The normalized spacial score (nSPS) is 10.4. The molecule has 0 fully saturated rings. The third-order valence-corrected chi connectivity index (χ3v) is 2.81. The maximum Gasteiger partial charge on any atom is 0.257 e. The fraction of sp³-hybridized carbons (Fsp3) is 0.0714. The number of aryl methyl sites for hydroxylation is 1. The molecule has 0 unspecified atom stereocenters. The molecule has 0 heterocycles. The number of amides is 1. The second kappa shape index (κ2) is 5.24. The number of carbonyl (C=O) groups excluding carboxylic acids is 1. The number of hydrogen-bond donors (Lipinski definition) is 2. The van der Waals surface area contributed by atoms with Crippen molar-refractivity contribution in [1.29, 1.82) is 0 Å². The first-order valence-electron chi connectivity index (χ1n) is 5.71. The molecule has 0 aliphatic carbocycles. The fourth-order valence-corrected chi connectivity index (χ4v) is 1.70. The van der Waals surface area contributed by atoms with Gasteiger partial charge in [-0.05, 0) is 18.6 Å². The molecule has 0 saturated carbocycles. The summed E-state index contributed by atoms with van der Waals surface area (Å²) in [7, 11) is 0. The van der Waals surface area contributed by atoms with E-state index in [0.717, 1.165) is 0 Å². The van der Waals surface area contributed by atoms with Crippen molar-refractivity contribution in [2.24, 2.45) is 0 Å². The van der Waals surface area contributed by atoms with E-state index in [9.17, 15) is 18.0 Å². The van der Waals surface area contributed by atoms with Crippen molar-refractivity contribution in [3.05, 3.63) is 58.9 Å². The molecule has 20 heavy (non-hydrogen) atoms. The molecule has 0 aliphatic heterocycles. The average Bonchev–Trinajstić information content (AvgIpc) is 2.39. The van der Waals surface area contributed by atoms with Crippen LogP contribution in [0, 0.1) is 24.4 Å². The van der Waals surface area contributed by atoms with Gasteiger partial charge in [0.2, 0.25) is 0 Å². The van der Waals surface area contributed by atoms with Crippen molar-refractivity contribution >= 4 is 17.3 Å². The Balaban J connectivity index is 2.30. The molecular weight excluding hydrogens is 269 g/mol. The van der Waals surface area contributed by atoms with Crippen molar-refractivity contribution in [3.63, 3.8) is 0 Å². The second-order valence-corrected chi connectivity index (χ2v) is 4.24. The van der Waals surface area contributed by atoms with Gasteiger partial charge < -0.3 is 11.1 Å². The number of benzene rings is 2. The van der Waals surface area contributed by atoms with Crippen LogP contribution >= 0.6 is 0 Å². The lowest BCUT2D eigenvalue weighted by atomic mass is 10.1. The van der Waals surface area contributed by atoms with Gasteiger partial charge in [0.25, 0.3) is 5.91 Å². The summed E-state index contributed by atoms with van der Waals surface area (Å²) in [6, 6.07) is 6.23. The van der Waals surface area contributed by atoms with E-state index in [2.05, 4.69) is 5.32 Å². The first-order valence-corrected chi connectivity index (χ1v) is 5.71. The summed E-state index contributed by atoms with van der Waals surface area (Å²) < 4.78 is 38.9. The monoisotopic (exact) mass is 280 g/mol. The summed E-state index contributed by atoms with van der Waals surface area (Å²) in [5.41, 5.74) is 6.71. The molecule has 0 saturated heterocycles. The average molecular weight is 280 g/mol. The Bertz CT molecular complexity index is 663. The van der Waals surface area contributed by atoms with E-state index in [-0.39, 0.29) is 16.9 Å². The van der Waals surface area contributed by atoms with Gasteiger partial charge in [-0.3, -0.25) is 4.79 Å². The Morgan fingerprint density at radius 3 is 2.35 bits per heavy atom. The number of para-hydroxylation sites is 1. The first kappa shape index (κ1) is 13.9. The van der Waals surface area contributed by atoms with Gasteiger partial charge in [0.05, 0.1) is 5.56 Å². The zero-order valence-electron chi connectivity index (χ0n) is 10.5. The Kier molecular flexibility index (Phi) is 3.65. The standard InChI is InChI=1S/C14H11F3N2O/c1-7-3-2-4-9(13(7)18)14(20)19-8-5-10(15)12(17)11(16)6-8/h2-6H,18H2,1H3,(H,19,20). The topological polar surface area (TPSA) is 55.1 Å². The van der Waals surface area contributed by atoms with Crippen LogP contribution < -0.4 is 11.1 Å². The van der Waals surface area contributed by atoms with E-state index in [0.29, 0.717) is 17.7 Å². The van der Waals surface area contributed by atoms with Crippen LogP contribution in [0.25, 0.3) is 0 Å². The number of halogens is 3. The Labute approximate surface area is 113 Å². The van der Waals surface area contributed by atoms with E-state index in [4.69, 9.17) is 5.73 Å². The fourth-order valence-electron chi connectivity index (χ4n) is 1.70. The molecule has 2 rings (SSSR count). The van der Waals surface area contributed by atoms with Crippen LogP contribution in [-0.4, -0.2) is 5.91 Å². The summed E-state index contributed by atoms with van der Waals surface area (Å²) in [4.78, 5) is 12.0. The molecule has 2 aromatic rings. The lowest BCUT2D eigenvalue weighted by molar-refractivity contribution is 0.102. The molecule has 0 radical (unpaired) electrons. The quantitative estimate of drug-likeness (QED) is 0.655. The molecule has 104 valence electrons. The second-order valence-electron chi connectivity index (χ2n) is 4.24. The molecule has 1 amide bonds. The zero-order valence-corrected chi connectivity index (χ0v) is 10.5.